The molecule has 0 bridgehead atoms. The summed E-state index contributed by atoms with van der Waals surface area (Å²) < 4.78 is 16.1. The van der Waals surface area contributed by atoms with Gasteiger partial charge in [0.05, 0.1) is 11.4 Å². The van der Waals surface area contributed by atoms with Crippen LogP contribution in [-0.2, 0) is 15.8 Å². The molecule has 2 amide bonds. The SMILES string of the molecule is CCC(COC(=O)NCc1ccc(C(=O)Nc2cc(-c3cccs3)ccc2N)cc1)[P+](=O)O. The van der Waals surface area contributed by atoms with Crippen LogP contribution >= 0.6 is 19.4 Å². The molecule has 2 unspecified atom stereocenters. The fraction of sp³-hybridized carbons (Fsp3) is 0.217. The Hall–Kier alpha value is -3.26. The van der Waals surface area contributed by atoms with E-state index in [-0.39, 0.29) is 19.1 Å². The third kappa shape index (κ3) is 6.86. The van der Waals surface area contributed by atoms with Crippen LogP contribution < -0.4 is 16.4 Å². The molecular formula is C23H25N3O5PS+. The van der Waals surface area contributed by atoms with Gasteiger partial charge in [0.25, 0.3) is 5.91 Å². The van der Waals surface area contributed by atoms with Gasteiger partial charge in [-0.3, -0.25) is 4.79 Å². The molecule has 8 nitrogen and oxygen atoms in total. The van der Waals surface area contributed by atoms with E-state index in [0.29, 0.717) is 23.4 Å². The molecule has 5 N–H and O–H groups in total. The van der Waals surface area contributed by atoms with Crippen LogP contribution in [0.3, 0.4) is 0 Å². The first kappa shape index (κ1) is 24.4. The second-order valence-corrected chi connectivity index (χ2v) is 9.53. The summed E-state index contributed by atoms with van der Waals surface area (Å²) >= 11 is 1.60. The Morgan fingerprint density at radius 1 is 1.18 bits per heavy atom. The van der Waals surface area contributed by atoms with E-state index in [9.17, 15) is 14.2 Å². The maximum atomic E-state index is 12.7. The summed E-state index contributed by atoms with van der Waals surface area (Å²) in [6, 6.07) is 16.2. The zero-order chi connectivity index (χ0) is 23.8. The number of thiophene rings is 1. The maximum absolute atomic E-state index is 12.7. The average Bonchev–Trinajstić information content (AvgIpc) is 3.34. The predicted octanol–water partition coefficient (Wildman–Crippen LogP) is 4.99. The Kier molecular flexibility index (Phi) is 8.54. The van der Waals surface area contributed by atoms with Gasteiger partial charge in [-0.15, -0.1) is 11.3 Å². The number of rotatable bonds is 9. The summed E-state index contributed by atoms with van der Waals surface area (Å²) in [4.78, 5) is 34.7. The first-order valence-electron chi connectivity index (χ1n) is 10.3. The third-order valence-corrected chi connectivity index (χ3v) is 7.01. The van der Waals surface area contributed by atoms with Crippen molar-refractivity contribution in [3.63, 3.8) is 0 Å². The van der Waals surface area contributed by atoms with E-state index in [2.05, 4.69) is 10.6 Å². The van der Waals surface area contributed by atoms with Crippen LogP contribution in [0, 0.1) is 0 Å². The molecule has 0 saturated carbocycles. The lowest BCUT2D eigenvalue weighted by molar-refractivity contribution is 0.102. The lowest BCUT2D eigenvalue weighted by atomic mass is 10.1. The Morgan fingerprint density at radius 3 is 2.58 bits per heavy atom. The van der Waals surface area contributed by atoms with E-state index in [4.69, 9.17) is 15.4 Å². The summed E-state index contributed by atoms with van der Waals surface area (Å²) in [5.74, 6) is -0.298. The summed E-state index contributed by atoms with van der Waals surface area (Å²) in [5, 5.41) is 7.41. The third-order valence-electron chi connectivity index (χ3n) is 4.95. The highest BCUT2D eigenvalue weighted by Crippen LogP contribution is 2.30. The van der Waals surface area contributed by atoms with Crippen LogP contribution in [0.4, 0.5) is 16.2 Å². The second kappa shape index (κ2) is 11.6. The molecule has 1 heterocycles. The fourth-order valence-electron chi connectivity index (χ4n) is 2.96. The first-order valence-corrected chi connectivity index (χ1v) is 12.4. The van der Waals surface area contributed by atoms with Gasteiger partial charge in [0, 0.05) is 17.0 Å². The van der Waals surface area contributed by atoms with Crippen LogP contribution in [-0.4, -0.2) is 29.2 Å². The summed E-state index contributed by atoms with van der Waals surface area (Å²) in [6.45, 7) is 1.82. The molecular weight excluding hydrogens is 461 g/mol. The molecule has 0 saturated heterocycles. The molecule has 2 aromatic carbocycles. The molecule has 0 radical (unpaired) electrons. The Labute approximate surface area is 196 Å². The van der Waals surface area contributed by atoms with E-state index in [1.807, 2.05) is 29.6 Å². The number of anilines is 2. The number of amides is 2. The molecule has 33 heavy (non-hydrogen) atoms. The van der Waals surface area contributed by atoms with E-state index in [1.54, 1.807) is 48.6 Å². The lowest BCUT2D eigenvalue weighted by Gasteiger charge is -2.11. The van der Waals surface area contributed by atoms with E-state index in [0.717, 1.165) is 16.0 Å². The minimum atomic E-state index is -2.39. The minimum absolute atomic E-state index is 0.121. The molecule has 0 spiro atoms. The summed E-state index contributed by atoms with van der Waals surface area (Å²) in [5.41, 5.74) is 8.65. The Morgan fingerprint density at radius 2 is 1.94 bits per heavy atom. The monoisotopic (exact) mass is 486 g/mol. The highest BCUT2D eigenvalue weighted by atomic mass is 32.1. The number of nitrogens with two attached hydrogens (primary N) is 1. The number of benzene rings is 2. The number of ether oxygens (including phenoxy) is 1. The molecule has 0 aliphatic heterocycles. The van der Waals surface area contributed by atoms with E-state index < -0.39 is 19.8 Å². The van der Waals surface area contributed by atoms with Gasteiger partial charge < -0.3 is 21.1 Å². The topological polar surface area (TPSA) is 131 Å². The minimum Gasteiger partial charge on any atom is -0.445 e. The summed E-state index contributed by atoms with van der Waals surface area (Å²) in [6.07, 6.45) is -0.236. The molecule has 3 rings (SSSR count). The van der Waals surface area contributed by atoms with Crippen LogP contribution in [0.25, 0.3) is 10.4 Å². The molecule has 0 aliphatic carbocycles. The normalized spacial score (nSPS) is 12.0. The number of hydrogen-bond acceptors (Lipinski definition) is 6. The van der Waals surface area contributed by atoms with Crippen molar-refractivity contribution in [2.45, 2.75) is 25.5 Å². The van der Waals surface area contributed by atoms with Crippen molar-refractivity contribution in [1.29, 1.82) is 0 Å². The predicted molar refractivity (Wildman–Crippen MR) is 131 cm³/mol. The van der Waals surface area contributed by atoms with Crippen molar-refractivity contribution in [3.05, 3.63) is 71.1 Å². The molecule has 172 valence electrons. The summed E-state index contributed by atoms with van der Waals surface area (Å²) in [7, 11) is -2.39. The quantitative estimate of drug-likeness (QED) is 0.249. The zero-order valence-corrected chi connectivity index (χ0v) is 19.7. The maximum Gasteiger partial charge on any atom is 0.512 e. The van der Waals surface area contributed by atoms with Crippen LogP contribution in [0.5, 0.6) is 0 Å². The van der Waals surface area contributed by atoms with Gasteiger partial charge in [0.1, 0.15) is 6.61 Å². The van der Waals surface area contributed by atoms with Gasteiger partial charge in [0.2, 0.25) is 5.66 Å². The smallest absolute Gasteiger partial charge is 0.445 e. The van der Waals surface area contributed by atoms with Gasteiger partial charge in [-0.2, -0.15) is 4.89 Å². The Balaban J connectivity index is 1.55. The van der Waals surface area contributed by atoms with Crippen LogP contribution in [0.1, 0.15) is 29.3 Å². The number of nitrogens with one attached hydrogen (secondary N) is 2. The van der Waals surface area contributed by atoms with Gasteiger partial charge in [-0.05, 0) is 57.8 Å². The van der Waals surface area contributed by atoms with E-state index >= 15 is 0 Å². The Bertz CT molecular complexity index is 1120. The average molecular weight is 487 g/mol. The molecule has 1 aromatic heterocycles. The van der Waals surface area contributed by atoms with Crippen molar-refractivity contribution >= 4 is 42.7 Å². The highest BCUT2D eigenvalue weighted by Gasteiger charge is 2.28. The van der Waals surface area contributed by atoms with Crippen LogP contribution in [0.2, 0.25) is 0 Å². The van der Waals surface area contributed by atoms with Crippen molar-refractivity contribution in [2.24, 2.45) is 0 Å². The first-order chi connectivity index (χ1) is 15.9. The number of carbonyl (C=O) groups excluding carboxylic acids is 2. The highest BCUT2D eigenvalue weighted by molar-refractivity contribution is 7.38. The van der Waals surface area contributed by atoms with E-state index in [1.165, 1.54) is 0 Å². The van der Waals surface area contributed by atoms with Gasteiger partial charge in [-0.25, -0.2) is 4.79 Å². The lowest BCUT2D eigenvalue weighted by Crippen LogP contribution is -2.26. The standard InChI is InChI=1S/C23H24N3O5PS/c1-2-18(32(29)30)14-31-23(28)25-13-15-5-7-16(8-6-15)22(27)26-20-12-17(9-10-19(20)24)21-4-3-11-33-21/h3-12,18H,2,13-14,24H2,1H3,(H2-,25,26,27,28,29,30)/p+1. The molecule has 10 heteroatoms. The van der Waals surface area contributed by atoms with Crippen LogP contribution in [0.15, 0.2) is 60.0 Å². The number of nitrogen functional groups attached to an aromatic ring is 1. The largest absolute Gasteiger partial charge is 0.512 e. The molecule has 3 aromatic rings. The van der Waals surface area contributed by atoms with Gasteiger partial charge >= 0.3 is 14.1 Å². The van der Waals surface area contributed by atoms with Crippen molar-refractivity contribution < 1.29 is 23.8 Å². The van der Waals surface area contributed by atoms with Crippen molar-refractivity contribution in [1.82, 2.24) is 5.32 Å². The zero-order valence-electron chi connectivity index (χ0n) is 18.0. The molecule has 0 aliphatic rings. The van der Waals surface area contributed by atoms with Crippen molar-refractivity contribution in [3.8, 4) is 10.4 Å². The number of hydrogen-bond donors (Lipinski definition) is 4. The fourth-order valence-corrected chi connectivity index (χ4v) is 4.20. The number of carbonyl (C=O) groups is 2. The van der Waals surface area contributed by atoms with Crippen molar-refractivity contribution in [2.75, 3.05) is 17.7 Å². The molecule has 2 atom stereocenters. The second-order valence-electron chi connectivity index (χ2n) is 7.25. The van der Waals surface area contributed by atoms with Gasteiger partial charge in [0.15, 0.2) is 0 Å². The van der Waals surface area contributed by atoms with Gasteiger partial charge in [-0.1, -0.05) is 31.2 Å². The number of alkyl carbamates (subject to hydrolysis) is 1. The molecule has 0 fully saturated rings.